The zero-order chi connectivity index (χ0) is 19.6. The van der Waals surface area contributed by atoms with E-state index in [0.29, 0.717) is 12.0 Å². The maximum Gasteiger partial charge on any atom is 0.306 e. The summed E-state index contributed by atoms with van der Waals surface area (Å²) >= 11 is 0. The first kappa shape index (κ1) is 21.3. The lowest BCUT2D eigenvalue weighted by molar-refractivity contribution is -0.156. The van der Waals surface area contributed by atoms with Gasteiger partial charge in [0.15, 0.2) is 11.9 Å². The molecule has 2 rings (SSSR count). The van der Waals surface area contributed by atoms with Gasteiger partial charge in [-0.25, -0.2) is 0 Å². The summed E-state index contributed by atoms with van der Waals surface area (Å²) in [5, 5.41) is 10.00. The molecule has 0 aliphatic carbocycles. The second kappa shape index (κ2) is 11.0. The van der Waals surface area contributed by atoms with Gasteiger partial charge in [-0.2, -0.15) is 0 Å². The van der Waals surface area contributed by atoms with Crippen LogP contribution in [0.1, 0.15) is 81.9 Å². The van der Waals surface area contributed by atoms with Crippen molar-refractivity contribution in [3.05, 3.63) is 35.4 Å². The van der Waals surface area contributed by atoms with E-state index in [2.05, 4.69) is 0 Å². The van der Waals surface area contributed by atoms with Gasteiger partial charge in [-0.3, -0.25) is 14.4 Å². The van der Waals surface area contributed by atoms with Crippen molar-refractivity contribution in [2.75, 3.05) is 0 Å². The molecule has 0 bridgehead atoms. The fourth-order valence-electron chi connectivity index (χ4n) is 3.55. The molecule has 0 unspecified atom stereocenters. The maximum absolute atomic E-state index is 12.8. The quantitative estimate of drug-likeness (QED) is 0.792. The fraction of sp³-hybridized carbons (Fsp3) is 0.591. The minimum absolute atomic E-state index is 0.0753. The molecular weight excluding hydrogens is 344 g/mol. The highest BCUT2D eigenvalue weighted by Crippen LogP contribution is 2.27. The number of ketones is 2. The summed E-state index contributed by atoms with van der Waals surface area (Å²) in [5.74, 6) is -0.925. The lowest BCUT2D eigenvalue weighted by atomic mass is 9.93. The number of benzene rings is 1. The molecule has 1 aliphatic heterocycles. The molecule has 148 valence electrons. The Balaban J connectivity index is 2.24. The largest absolute Gasteiger partial charge is 0.449 e. The van der Waals surface area contributed by atoms with Crippen LogP contribution in [0.2, 0.25) is 0 Å². The Kier molecular flexibility index (Phi) is 8.65. The van der Waals surface area contributed by atoms with Gasteiger partial charge in [-0.15, -0.1) is 0 Å². The van der Waals surface area contributed by atoms with Crippen LogP contribution in [0.3, 0.4) is 0 Å². The van der Waals surface area contributed by atoms with Gasteiger partial charge < -0.3 is 9.84 Å². The number of aryl methyl sites for hydroxylation is 1. The summed E-state index contributed by atoms with van der Waals surface area (Å²) in [6.07, 6.45) is 4.92. The fourth-order valence-corrected chi connectivity index (χ4v) is 3.55. The zero-order valence-electron chi connectivity index (χ0n) is 16.1. The molecule has 0 saturated carbocycles. The van der Waals surface area contributed by atoms with Crippen LogP contribution < -0.4 is 0 Å². The van der Waals surface area contributed by atoms with Crippen molar-refractivity contribution in [3.8, 4) is 0 Å². The lowest BCUT2D eigenvalue weighted by Gasteiger charge is -2.21. The molecule has 1 aliphatic rings. The minimum atomic E-state index is -1.05. The van der Waals surface area contributed by atoms with Crippen molar-refractivity contribution in [1.82, 2.24) is 0 Å². The Morgan fingerprint density at radius 1 is 1.04 bits per heavy atom. The third kappa shape index (κ3) is 7.25. The van der Waals surface area contributed by atoms with Gasteiger partial charge in [0.1, 0.15) is 5.78 Å². The first-order valence-electron chi connectivity index (χ1n) is 9.95. The number of ether oxygens (including phenoxy) is 1. The Bertz CT molecular complexity index is 652. The van der Waals surface area contributed by atoms with Crippen LogP contribution in [0.15, 0.2) is 24.3 Å². The van der Waals surface area contributed by atoms with E-state index in [-0.39, 0.29) is 30.4 Å². The number of fused-ring (bicyclic) bond motifs is 1. The minimum Gasteiger partial charge on any atom is -0.449 e. The van der Waals surface area contributed by atoms with E-state index in [1.54, 1.807) is 0 Å². The number of carbonyl (C=O) groups is 3. The van der Waals surface area contributed by atoms with Crippen LogP contribution in [0.25, 0.3) is 0 Å². The number of Topliss-reactive ketones (excluding diaryl/α,β-unsaturated/α-hetero) is 2. The van der Waals surface area contributed by atoms with Crippen molar-refractivity contribution < 1.29 is 24.2 Å². The molecule has 5 nitrogen and oxygen atoms in total. The normalized spacial score (nSPS) is 20.2. The van der Waals surface area contributed by atoms with Gasteiger partial charge in [-0.05, 0) is 31.7 Å². The van der Waals surface area contributed by atoms with Crippen LogP contribution in [-0.4, -0.2) is 28.7 Å². The predicted octanol–water partition coefficient (Wildman–Crippen LogP) is 3.86. The second-order valence-corrected chi connectivity index (χ2v) is 7.42. The number of cyclic esters (lactones) is 1. The molecule has 0 fully saturated rings. The highest BCUT2D eigenvalue weighted by molar-refractivity contribution is 5.88. The topological polar surface area (TPSA) is 80.7 Å². The molecule has 0 radical (unpaired) electrons. The smallest absolute Gasteiger partial charge is 0.306 e. The summed E-state index contributed by atoms with van der Waals surface area (Å²) in [7, 11) is 0. The van der Waals surface area contributed by atoms with Crippen LogP contribution >= 0.6 is 0 Å². The summed E-state index contributed by atoms with van der Waals surface area (Å²) in [6.45, 7) is 1.38. The van der Waals surface area contributed by atoms with Crippen LogP contribution in [-0.2, 0) is 25.5 Å². The molecule has 1 aromatic rings. The van der Waals surface area contributed by atoms with Crippen molar-refractivity contribution >= 4 is 17.5 Å². The molecule has 2 atom stereocenters. The van der Waals surface area contributed by atoms with Crippen molar-refractivity contribution in [3.63, 3.8) is 0 Å². The monoisotopic (exact) mass is 374 g/mol. The number of hydrogen-bond donors (Lipinski definition) is 1. The van der Waals surface area contributed by atoms with Crippen molar-refractivity contribution in [2.45, 2.75) is 83.3 Å². The molecule has 0 amide bonds. The molecule has 0 aromatic heterocycles. The van der Waals surface area contributed by atoms with Gasteiger partial charge in [0.05, 0.1) is 6.10 Å². The van der Waals surface area contributed by atoms with Gasteiger partial charge in [0.25, 0.3) is 0 Å². The Morgan fingerprint density at radius 2 is 1.67 bits per heavy atom. The molecule has 1 N–H and O–H groups in total. The lowest BCUT2D eigenvalue weighted by Crippen LogP contribution is -2.25. The van der Waals surface area contributed by atoms with E-state index in [9.17, 15) is 19.5 Å². The van der Waals surface area contributed by atoms with E-state index < -0.39 is 12.2 Å². The van der Waals surface area contributed by atoms with Crippen LogP contribution in [0.4, 0.5) is 0 Å². The Morgan fingerprint density at radius 3 is 2.37 bits per heavy atom. The molecule has 0 spiro atoms. The number of esters is 1. The molecule has 0 saturated heterocycles. The molecule has 1 aromatic carbocycles. The van der Waals surface area contributed by atoms with E-state index in [4.69, 9.17) is 4.74 Å². The van der Waals surface area contributed by atoms with Crippen molar-refractivity contribution in [2.24, 2.45) is 0 Å². The summed E-state index contributed by atoms with van der Waals surface area (Å²) in [5.41, 5.74) is 1.70. The Labute approximate surface area is 161 Å². The first-order chi connectivity index (χ1) is 13.0. The number of aliphatic hydroxyl groups is 1. The maximum atomic E-state index is 12.8. The molecule has 5 heteroatoms. The molecular formula is C22H30O5. The highest BCUT2D eigenvalue weighted by atomic mass is 16.5. The summed E-state index contributed by atoms with van der Waals surface area (Å²) in [6, 6.07) is 7.54. The predicted molar refractivity (Wildman–Crippen MR) is 102 cm³/mol. The zero-order valence-corrected chi connectivity index (χ0v) is 16.1. The van der Waals surface area contributed by atoms with E-state index >= 15 is 0 Å². The number of carbonyl (C=O) groups excluding carboxylic acids is 3. The standard InChI is InChI=1S/C22H30O5/c1-16(23)14-18(24)15-20(25)22-19-12-9-8-11-17(19)10-6-4-2-3-5-7-13-21(26)27-22/h8-9,11-12,18,22,24H,2-7,10,13-15H2,1H3/t18-,22-/m1/s1. The van der Waals surface area contributed by atoms with E-state index in [0.717, 1.165) is 50.5 Å². The third-order valence-corrected chi connectivity index (χ3v) is 4.92. The van der Waals surface area contributed by atoms with Gasteiger partial charge in [-0.1, -0.05) is 49.9 Å². The number of hydrogen-bond acceptors (Lipinski definition) is 5. The summed E-state index contributed by atoms with van der Waals surface area (Å²) < 4.78 is 5.57. The highest BCUT2D eigenvalue weighted by Gasteiger charge is 2.28. The van der Waals surface area contributed by atoms with Crippen LogP contribution in [0.5, 0.6) is 0 Å². The summed E-state index contributed by atoms with van der Waals surface area (Å²) in [4.78, 5) is 36.3. The third-order valence-electron chi connectivity index (χ3n) is 4.92. The molecule has 1 heterocycles. The Hall–Kier alpha value is -2.01. The number of rotatable bonds is 5. The average molecular weight is 374 g/mol. The van der Waals surface area contributed by atoms with Crippen LogP contribution in [0, 0.1) is 0 Å². The van der Waals surface area contributed by atoms with Gasteiger partial charge in [0.2, 0.25) is 0 Å². The second-order valence-electron chi connectivity index (χ2n) is 7.42. The first-order valence-corrected chi connectivity index (χ1v) is 9.95. The SMILES string of the molecule is CC(=O)C[C@@H](O)CC(=O)[C@@H]1OC(=O)CCCCCCCCc2ccccc21. The molecule has 27 heavy (non-hydrogen) atoms. The van der Waals surface area contributed by atoms with Gasteiger partial charge in [0, 0.05) is 24.8 Å². The van der Waals surface area contributed by atoms with E-state index in [1.807, 2.05) is 24.3 Å². The van der Waals surface area contributed by atoms with E-state index in [1.165, 1.54) is 6.92 Å². The van der Waals surface area contributed by atoms with Crippen molar-refractivity contribution in [1.29, 1.82) is 0 Å². The average Bonchev–Trinajstić information content (AvgIpc) is 2.62. The number of aliphatic hydroxyl groups excluding tert-OH is 1. The van der Waals surface area contributed by atoms with Gasteiger partial charge >= 0.3 is 5.97 Å².